The lowest BCUT2D eigenvalue weighted by Crippen LogP contribution is -2.33. The highest BCUT2D eigenvalue weighted by Gasteiger charge is 2.02. The molecule has 2 amide bonds. The van der Waals surface area contributed by atoms with E-state index in [1.165, 1.54) is 0 Å². The second-order valence-corrected chi connectivity index (χ2v) is 3.60. The van der Waals surface area contributed by atoms with E-state index in [4.69, 9.17) is 4.42 Å². The van der Waals surface area contributed by atoms with Crippen LogP contribution in [0, 0.1) is 0 Å². The van der Waals surface area contributed by atoms with Gasteiger partial charge in [0.2, 0.25) is 0 Å². The fourth-order valence-electron chi connectivity index (χ4n) is 1.56. The van der Waals surface area contributed by atoms with Gasteiger partial charge < -0.3 is 15.1 Å². The minimum atomic E-state index is -0.458. The molecule has 6 heteroatoms. The number of rotatable bonds is 3. The standard InChI is InChI=1S/C11H13N3O3/c1-12-10(15)13-5-4-7-2-3-9-8(6-7)14-11(16)17-9/h2-3,6H,4-5H2,1H3,(H,14,16)(H2,12,13,15). The molecule has 0 radical (unpaired) electrons. The van der Waals surface area contributed by atoms with Crippen molar-refractivity contribution in [3.8, 4) is 0 Å². The topological polar surface area (TPSA) is 87.1 Å². The van der Waals surface area contributed by atoms with Gasteiger partial charge >= 0.3 is 11.8 Å². The highest BCUT2D eigenvalue weighted by Crippen LogP contribution is 2.12. The van der Waals surface area contributed by atoms with E-state index in [-0.39, 0.29) is 6.03 Å². The summed E-state index contributed by atoms with van der Waals surface area (Å²) in [5.41, 5.74) is 2.23. The number of carbonyl (C=O) groups is 1. The predicted molar refractivity (Wildman–Crippen MR) is 63.0 cm³/mol. The number of oxazole rings is 1. The Kier molecular flexibility index (Phi) is 3.13. The Labute approximate surface area is 97.0 Å². The Morgan fingerprint density at radius 2 is 2.29 bits per heavy atom. The third-order valence-electron chi connectivity index (χ3n) is 2.41. The summed E-state index contributed by atoms with van der Waals surface area (Å²) < 4.78 is 4.89. The van der Waals surface area contributed by atoms with Crippen LogP contribution in [0.3, 0.4) is 0 Å². The maximum absolute atomic E-state index is 11.0. The minimum absolute atomic E-state index is 0.206. The molecule has 17 heavy (non-hydrogen) atoms. The van der Waals surface area contributed by atoms with Crippen LogP contribution in [-0.2, 0) is 6.42 Å². The molecule has 0 fully saturated rings. The number of hydrogen-bond donors (Lipinski definition) is 3. The number of amides is 2. The van der Waals surface area contributed by atoms with Gasteiger partial charge in [0.15, 0.2) is 5.58 Å². The molecule has 0 saturated heterocycles. The van der Waals surface area contributed by atoms with Gasteiger partial charge in [0.05, 0.1) is 5.52 Å². The molecule has 6 nitrogen and oxygen atoms in total. The SMILES string of the molecule is CNC(=O)NCCc1ccc2oc(=O)[nH]c2c1. The summed E-state index contributed by atoms with van der Waals surface area (Å²) in [6.07, 6.45) is 0.691. The lowest BCUT2D eigenvalue weighted by Gasteiger charge is -2.04. The predicted octanol–water partition coefficient (Wildman–Crippen LogP) is 0.593. The summed E-state index contributed by atoms with van der Waals surface area (Å²) in [5, 5.41) is 5.16. The normalized spacial score (nSPS) is 10.4. The molecule has 0 saturated carbocycles. The molecule has 0 aliphatic heterocycles. The van der Waals surface area contributed by atoms with Gasteiger partial charge in [-0.1, -0.05) is 6.07 Å². The quantitative estimate of drug-likeness (QED) is 0.727. The van der Waals surface area contributed by atoms with Crippen LogP contribution in [0.25, 0.3) is 11.1 Å². The summed E-state index contributed by atoms with van der Waals surface area (Å²) in [4.78, 5) is 24.5. The van der Waals surface area contributed by atoms with Crippen LogP contribution in [0.15, 0.2) is 27.4 Å². The number of fused-ring (bicyclic) bond motifs is 1. The first-order valence-electron chi connectivity index (χ1n) is 5.26. The highest BCUT2D eigenvalue weighted by atomic mass is 16.4. The van der Waals surface area contributed by atoms with Gasteiger partial charge in [-0.15, -0.1) is 0 Å². The molecule has 1 aromatic heterocycles. The fraction of sp³-hybridized carbons (Fsp3) is 0.273. The van der Waals surface area contributed by atoms with Crippen molar-refractivity contribution in [2.24, 2.45) is 0 Å². The molecule has 0 aliphatic carbocycles. The van der Waals surface area contributed by atoms with Crippen LogP contribution in [0.2, 0.25) is 0 Å². The summed E-state index contributed by atoms with van der Waals surface area (Å²) in [5.74, 6) is -0.458. The number of nitrogens with one attached hydrogen (secondary N) is 3. The van der Waals surface area contributed by atoms with Crippen molar-refractivity contribution in [2.45, 2.75) is 6.42 Å². The monoisotopic (exact) mass is 235 g/mol. The molecule has 90 valence electrons. The van der Waals surface area contributed by atoms with Crippen molar-refractivity contribution in [3.05, 3.63) is 34.3 Å². The van der Waals surface area contributed by atoms with Gasteiger partial charge in [0.1, 0.15) is 0 Å². The largest absolute Gasteiger partial charge is 0.417 e. The van der Waals surface area contributed by atoms with Crippen molar-refractivity contribution in [1.82, 2.24) is 15.6 Å². The van der Waals surface area contributed by atoms with E-state index in [1.54, 1.807) is 13.1 Å². The van der Waals surface area contributed by atoms with Gasteiger partial charge in [0.25, 0.3) is 0 Å². The number of hydrogen-bond acceptors (Lipinski definition) is 3. The van der Waals surface area contributed by atoms with Crippen LogP contribution in [-0.4, -0.2) is 24.6 Å². The first-order valence-corrected chi connectivity index (χ1v) is 5.26. The zero-order valence-corrected chi connectivity index (χ0v) is 9.37. The van der Waals surface area contributed by atoms with E-state index in [9.17, 15) is 9.59 Å². The summed E-state index contributed by atoms with van der Waals surface area (Å²) in [7, 11) is 1.57. The molecule has 1 heterocycles. The minimum Gasteiger partial charge on any atom is -0.408 e. The zero-order valence-electron chi connectivity index (χ0n) is 9.37. The Balaban J connectivity index is 2.04. The van der Waals surface area contributed by atoms with Crippen molar-refractivity contribution < 1.29 is 9.21 Å². The molecule has 0 atom stereocenters. The maximum atomic E-state index is 11.0. The third kappa shape index (κ3) is 2.66. The molecule has 2 rings (SSSR count). The number of aromatic amines is 1. The number of carbonyl (C=O) groups excluding carboxylic acids is 1. The zero-order chi connectivity index (χ0) is 12.3. The Morgan fingerprint density at radius 1 is 1.47 bits per heavy atom. The van der Waals surface area contributed by atoms with Crippen molar-refractivity contribution in [3.63, 3.8) is 0 Å². The smallest absolute Gasteiger partial charge is 0.408 e. The van der Waals surface area contributed by atoms with Crippen LogP contribution in [0.1, 0.15) is 5.56 Å². The number of aromatic nitrogens is 1. The number of urea groups is 1. The van der Waals surface area contributed by atoms with Gasteiger partial charge in [-0.25, -0.2) is 9.59 Å². The molecule has 1 aromatic carbocycles. The molecule has 0 bridgehead atoms. The molecule has 0 aliphatic rings. The van der Waals surface area contributed by atoms with Crippen LogP contribution in [0.4, 0.5) is 4.79 Å². The summed E-state index contributed by atoms with van der Waals surface area (Å²) in [6.45, 7) is 0.535. The van der Waals surface area contributed by atoms with E-state index in [0.717, 1.165) is 5.56 Å². The van der Waals surface area contributed by atoms with Gasteiger partial charge in [-0.2, -0.15) is 0 Å². The molecule has 0 spiro atoms. The van der Waals surface area contributed by atoms with E-state index in [1.807, 2.05) is 12.1 Å². The first kappa shape index (κ1) is 11.3. The molecule has 2 aromatic rings. The highest BCUT2D eigenvalue weighted by molar-refractivity contribution is 5.74. The van der Waals surface area contributed by atoms with Gasteiger partial charge in [0, 0.05) is 13.6 Å². The number of H-pyrrole nitrogens is 1. The summed E-state index contributed by atoms with van der Waals surface area (Å²) >= 11 is 0. The van der Waals surface area contributed by atoms with Gasteiger partial charge in [-0.3, -0.25) is 4.98 Å². The number of benzene rings is 1. The van der Waals surface area contributed by atoms with E-state index in [0.29, 0.717) is 24.1 Å². The molecule has 0 unspecified atom stereocenters. The van der Waals surface area contributed by atoms with E-state index < -0.39 is 5.76 Å². The van der Waals surface area contributed by atoms with E-state index in [2.05, 4.69) is 15.6 Å². The Hall–Kier alpha value is -2.24. The Bertz CT molecular complexity index is 585. The Morgan fingerprint density at radius 3 is 3.06 bits per heavy atom. The van der Waals surface area contributed by atoms with Crippen LogP contribution >= 0.6 is 0 Å². The molecular weight excluding hydrogens is 222 g/mol. The van der Waals surface area contributed by atoms with Crippen LogP contribution < -0.4 is 16.4 Å². The first-order chi connectivity index (χ1) is 8.19. The second-order valence-electron chi connectivity index (χ2n) is 3.60. The van der Waals surface area contributed by atoms with E-state index >= 15 is 0 Å². The van der Waals surface area contributed by atoms with Gasteiger partial charge in [-0.05, 0) is 24.1 Å². The lowest BCUT2D eigenvalue weighted by molar-refractivity contribution is 0.243. The lowest BCUT2D eigenvalue weighted by atomic mass is 10.1. The second kappa shape index (κ2) is 4.73. The molecular formula is C11H13N3O3. The van der Waals surface area contributed by atoms with Crippen molar-refractivity contribution in [1.29, 1.82) is 0 Å². The van der Waals surface area contributed by atoms with Crippen LogP contribution in [0.5, 0.6) is 0 Å². The fourth-order valence-corrected chi connectivity index (χ4v) is 1.56. The average molecular weight is 235 g/mol. The summed E-state index contributed by atoms with van der Waals surface area (Å²) in [6, 6.07) is 5.24. The average Bonchev–Trinajstić information content (AvgIpc) is 2.68. The third-order valence-corrected chi connectivity index (χ3v) is 2.41. The van der Waals surface area contributed by atoms with Crippen molar-refractivity contribution >= 4 is 17.1 Å². The molecule has 3 N–H and O–H groups in total. The van der Waals surface area contributed by atoms with Crippen molar-refractivity contribution in [2.75, 3.05) is 13.6 Å². The maximum Gasteiger partial charge on any atom is 0.417 e.